The molecule has 0 amide bonds. The molecule has 72 valence electrons. The van der Waals surface area contributed by atoms with Gasteiger partial charge in [-0.1, -0.05) is 57.0 Å². The van der Waals surface area contributed by atoms with Crippen molar-refractivity contribution in [3.05, 3.63) is 35.4 Å². The van der Waals surface area contributed by atoms with E-state index < -0.39 is 0 Å². The molecule has 0 unspecified atom stereocenters. The maximum absolute atomic E-state index is 2.33. The van der Waals surface area contributed by atoms with Crippen LogP contribution in [-0.2, 0) is 6.42 Å². The zero-order valence-corrected chi connectivity index (χ0v) is 9.22. The lowest BCUT2D eigenvalue weighted by molar-refractivity contribution is 0.349. The van der Waals surface area contributed by atoms with Crippen LogP contribution >= 0.6 is 0 Å². The quantitative estimate of drug-likeness (QED) is 0.653. The predicted octanol–water partition coefficient (Wildman–Crippen LogP) is 3.97. The average molecular weight is 176 g/mol. The van der Waals surface area contributed by atoms with E-state index in [0.717, 1.165) is 0 Å². The van der Waals surface area contributed by atoms with Gasteiger partial charge in [0.15, 0.2) is 0 Å². The molecule has 0 saturated heterocycles. The lowest BCUT2D eigenvalue weighted by Crippen LogP contribution is -2.13. The van der Waals surface area contributed by atoms with Gasteiger partial charge in [-0.15, -0.1) is 0 Å². The molecule has 1 rings (SSSR count). The van der Waals surface area contributed by atoms with Crippen LogP contribution in [0.2, 0.25) is 0 Å². The van der Waals surface area contributed by atoms with E-state index in [1.807, 2.05) is 0 Å². The highest BCUT2D eigenvalue weighted by molar-refractivity contribution is 5.23. The third-order valence-corrected chi connectivity index (χ3v) is 2.72. The van der Waals surface area contributed by atoms with Gasteiger partial charge in [-0.05, 0) is 24.3 Å². The molecule has 0 radical (unpaired) electrons. The summed E-state index contributed by atoms with van der Waals surface area (Å²) in [6.07, 6.45) is 2.42. The standard InChI is InChI=1S/C13H20/c1-5-13(3,4)10-12-8-6-7-11(2)9-12/h6-9H,5,10H2,1-4H3. The molecule has 0 atom stereocenters. The Morgan fingerprint density at radius 2 is 1.92 bits per heavy atom. The third-order valence-electron chi connectivity index (χ3n) is 2.72. The molecule has 0 aromatic heterocycles. The molecular weight excluding hydrogens is 156 g/mol. The van der Waals surface area contributed by atoms with E-state index in [0.29, 0.717) is 5.41 Å². The Labute approximate surface area is 82.0 Å². The first-order valence-corrected chi connectivity index (χ1v) is 5.09. The summed E-state index contributed by atoms with van der Waals surface area (Å²) in [5, 5.41) is 0. The Balaban J connectivity index is 2.74. The summed E-state index contributed by atoms with van der Waals surface area (Å²) in [5.41, 5.74) is 3.27. The van der Waals surface area contributed by atoms with Crippen LogP contribution in [0.4, 0.5) is 0 Å². The van der Waals surface area contributed by atoms with Crippen molar-refractivity contribution in [2.75, 3.05) is 0 Å². The summed E-state index contributed by atoms with van der Waals surface area (Å²) < 4.78 is 0. The summed E-state index contributed by atoms with van der Waals surface area (Å²) >= 11 is 0. The van der Waals surface area contributed by atoms with Crippen molar-refractivity contribution >= 4 is 0 Å². The fraction of sp³-hybridized carbons (Fsp3) is 0.538. The predicted molar refractivity (Wildman–Crippen MR) is 59.0 cm³/mol. The van der Waals surface area contributed by atoms with E-state index in [1.165, 1.54) is 24.0 Å². The number of hydrogen-bond acceptors (Lipinski definition) is 0. The minimum atomic E-state index is 0.438. The van der Waals surface area contributed by atoms with Gasteiger partial charge >= 0.3 is 0 Å². The fourth-order valence-electron chi connectivity index (χ4n) is 1.50. The molecule has 0 saturated carbocycles. The van der Waals surface area contributed by atoms with Gasteiger partial charge in [-0.2, -0.15) is 0 Å². The molecule has 0 aliphatic carbocycles. The Morgan fingerprint density at radius 1 is 1.23 bits per heavy atom. The van der Waals surface area contributed by atoms with E-state index in [2.05, 4.69) is 52.0 Å². The SMILES string of the molecule is CCC(C)(C)Cc1cccc(C)c1. The van der Waals surface area contributed by atoms with Gasteiger partial charge in [-0.3, -0.25) is 0 Å². The van der Waals surface area contributed by atoms with E-state index in [1.54, 1.807) is 0 Å². The molecule has 0 spiro atoms. The Kier molecular flexibility index (Phi) is 3.13. The fourth-order valence-corrected chi connectivity index (χ4v) is 1.50. The molecular formula is C13H20. The average Bonchev–Trinajstić information content (AvgIpc) is 2.03. The van der Waals surface area contributed by atoms with Crippen LogP contribution < -0.4 is 0 Å². The molecule has 1 aromatic rings. The molecule has 0 N–H and O–H groups in total. The molecule has 0 heterocycles. The van der Waals surface area contributed by atoms with Gasteiger partial charge in [0.05, 0.1) is 0 Å². The van der Waals surface area contributed by atoms with Crippen molar-refractivity contribution in [1.29, 1.82) is 0 Å². The second kappa shape index (κ2) is 3.95. The molecule has 0 aliphatic heterocycles. The minimum absolute atomic E-state index is 0.438. The lowest BCUT2D eigenvalue weighted by Gasteiger charge is -2.22. The molecule has 0 heteroatoms. The monoisotopic (exact) mass is 176 g/mol. The third kappa shape index (κ3) is 3.22. The van der Waals surface area contributed by atoms with Crippen LogP contribution in [0.5, 0.6) is 0 Å². The summed E-state index contributed by atoms with van der Waals surface area (Å²) in [6, 6.07) is 8.82. The number of hydrogen-bond donors (Lipinski definition) is 0. The van der Waals surface area contributed by atoms with Gasteiger partial charge in [-0.25, -0.2) is 0 Å². The zero-order valence-electron chi connectivity index (χ0n) is 9.22. The van der Waals surface area contributed by atoms with Gasteiger partial charge in [0.25, 0.3) is 0 Å². The first-order chi connectivity index (χ1) is 6.03. The number of benzene rings is 1. The van der Waals surface area contributed by atoms with Gasteiger partial charge in [0.1, 0.15) is 0 Å². The van der Waals surface area contributed by atoms with Crippen LogP contribution in [0, 0.1) is 12.3 Å². The molecule has 0 aliphatic rings. The summed E-state index contributed by atoms with van der Waals surface area (Å²) in [7, 11) is 0. The normalized spacial score (nSPS) is 11.7. The second-order valence-electron chi connectivity index (χ2n) is 4.68. The maximum Gasteiger partial charge on any atom is -0.0227 e. The second-order valence-corrected chi connectivity index (χ2v) is 4.68. The molecule has 13 heavy (non-hydrogen) atoms. The highest BCUT2D eigenvalue weighted by Crippen LogP contribution is 2.25. The van der Waals surface area contributed by atoms with Gasteiger partial charge in [0.2, 0.25) is 0 Å². The first kappa shape index (κ1) is 10.3. The van der Waals surface area contributed by atoms with E-state index in [-0.39, 0.29) is 0 Å². The van der Waals surface area contributed by atoms with E-state index in [9.17, 15) is 0 Å². The van der Waals surface area contributed by atoms with Crippen LogP contribution in [0.1, 0.15) is 38.3 Å². The maximum atomic E-state index is 2.33. The topological polar surface area (TPSA) is 0 Å². The zero-order chi connectivity index (χ0) is 9.90. The van der Waals surface area contributed by atoms with Crippen molar-refractivity contribution in [1.82, 2.24) is 0 Å². The lowest BCUT2D eigenvalue weighted by atomic mass is 9.83. The number of rotatable bonds is 3. The molecule has 0 nitrogen and oxygen atoms in total. The Bertz CT molecular complexity index is 271. The Morgan fingerprint density at radius 3 is 2.46 bits per heavy atom. The summed E-state index contributed by atoms with van der Waals surface area (Å²) in [5.74, 6) is 0. The highest BCUT2D eigenvalue weighted by atomic mass is 14.2. The van der Waals surface area contributed by atoms with Crippen molar-refractivity contribution < 1.29 is 0 Å². The molecule has 1 aromatic carbocycles. The summed E-state index contributed by atoms with van der Waals surface area (Å²) in [4.78, 5) is 0. The smallest absolute Gasteiger partial charge is 0.0227 e. The van der Waals surface area contributed by atoms with Crippen molar-refractivity contribution in [3.63, 3.8) is 0 Å². The van der Waals surface area contributed by atoms with Crippen LogP contribution in [-0.4, -0.2) is 0 Å². The highest BCUT2D eigenvalue weighted by Gasteiger charge is 2.15. The minimum Gasteiger partial charge on any atom is -0.0649 e. The summed E-state index contributed by atoms with van der Waals surface area (Å²) in [6.45, 7) is 9.07. The molecule has 0 fully saturated rings. The van der Waals surface area contributed by atoms with Crippen LogP contribution in [0.3, 0.4) is 0 Å². The first-order valence-electron chi connectivity index (χ1n) is 5.09. The largest absolute Gasteiger partial charge is 0.0649 e. The molecule has 0 bridgehead atoms. The van der Waals surface area contributed by atoms with Crippen LogP contribution in [0.15, 0.2) is 24.3 Å². The van der Waals surface area contributed by atoms with Crippen molar-refractivity contribution in [2.24, 2.45) is 5.41 Å². The van der Waals surface area contributed by atoms with E-state index >= 15 is 0 Å². The Hall–Kier alpha value is -0.780. The number of aryl methyl sites for hydroxylation is 1. The van der Waals surface area contributed by atoms with Crippen LogP contribution in [0.25, 0.3) is 0 Å². The van der Waals surface area contributed by atoms with Crippen molar-refractivity contribution in [2.45, 2.75) is 40.5 Å². The van der Waals surface area contributed by atoms with Gasteiger partial charge in [0, 0.05) is 0 Å². The van der Waals surface area contributed by atoms with E-state index in [4.69, 9.17) is 0 Å². The van der Waals surface area contributed by atoms with Crippen molar-refractivity contribution in [3.8, 4) is 0 Å². The van der Waals surface area contributed by atoms with Gasteiger partial charge < -0.3 is 0 Å².